The highest BCUT2D eigenvalue weighted by atomic mass is 32.2. The zero-order valence-electron chi connectivity index (χ0n) is 14.0. The zero-order chi connectivity index (χ0) is 15.9. The molecule has 0 bridgehead atoms. The van der Waals surface area contributed by atoms with E-state index in [1.807, 2.05) is 11.8 Å². The van der Waals surface area contributed by atoms with Crippen LogP contribution in [0.25, 0.3) is 0 Å². The first-order chi connectivity index (χ1) is 11.3. The lowest BCUT2D eigenvalue weighted by Crippen LogP contribution is -2.37. The Hall–Kier alpha value is -1.00. The van der Waals surface area contributed by atoms with E-state index < -0.39 is 0 Å². The SMILES string of the molecule is O=C(CC1CCN(CCSc2ccccc2)CC1)N1CCCC1. The second kappa shape index (κ2) is 8.74. The highest BCUT2D eigenvalue weighted by Crippen LogP contribution is 2.23. The molecule has 0 spiro atoms. The smallest absolute Gasteiger partial charge is 0.222 e. The van der Waals surface area contributed by atoms with Crippen molar-refractivity contribution in [3.63, 3.8) is 0 Å². The van der Waals surface area contributed by atoms with Gasteiger partial charge < -0.3 is 9.80 Å². The van der Waals surface area contributed by atoms with E-state index in [4.69, 9.17) is 0 Å². The third kappa shape index (κ3) is 5.25. The van der Waals surface area contributed by atoms with Crippen molar-refractivity contribution in [3.8, 4) is 0 Å². The second-order valence-electron chi connectivity index (χ2n) is 6.74. The Morgan fingerprint density at radius 3 is 2.43 bits per heavy atom. The summed E-state index contributed by atoms with van der Waals surface area (Å²) >= 11 is 1.94. The van der Waals surface area contributed by atoms with Crippen molar-refractivity contribution in [1.82, 2.24) is 9.80 Å². The normalized spacial score (nSPS) is 20.1. The molecule has 0 atom stereocenters. The van der Waals surface area contributed by atoms with Crippen molar-refractivity contribution in [2.75, 3.05) is 38.5 Å². The maximum absolute atomic E-state index is 12.2. The Kier molecular flexibility index (Phi) is 6.40. The van der Waals surface area contributed by atoms with Crippen LogP contribution in [0.15, 0.2) is 35.2 Å². The summed E-state index contributed by atoms with van der Waals surface area (Å²) in [6.07, 6.45) is 5.56. The van der Waals surface area contributed by atoms with E-state index in [9.17, 15) is 4.79 Å². The molecular weight excluding hydrogens is 304 g/mol. The number of rotatable bonds is 6. The van der Waals surface area contributed by atoms with Gasteiger partial charge in [0.25, 0.3) is 0 Å². The quantitative estimate of drug-likeness (QED) is 0.745. The lowest BCUT2D eigenvalue weighted by Gasteiger charge is -2.32. The molecule has 1 amide bonds. The molecule has 3 nitrogen and oxygen atoms in total. The van der Waals surface area contributed by atoms with Gasteiger partial charge >= 0.3 is 0 Å². The van der Waals surface area contributed by atoms with Gasteiger partial charge in [0.15, 0.2) is 0 Å². The number of benzene rings is 1. The fraction of sp³-hybridized carbons (Fsp3) is 0.632. The molecule has 2 aliphatic heterocycles. The molecule has 0 aromatic heterocycles. The molecule has 2 heterocycles. The van der Waals surface area contributed by atoms with Gasteiger partial charge in [0.05, 0.1) is 0 Å². The summed E-state index contributed by atoms with van der Waals surface area (Å²) in [5.41, 5.74) is 0. The lowest BCUT2D eigenvalue weighted by atomic mass is 9.93. The van der Waals surface area contributed by atoms with Crippen molar-refractivity contribution in [3.05, 3.63) is 30.3 Å². The summed E-state index contributed by atoms with van der Waals surface area (Å²) in [5.74, 6) is 2.17. The van der Waals surface area contributed by atoms with E-state index >= 15 is 0 Å². The van der Waals surface area contributed by atoms with Gasteiger partial charge in [0.1, 0.15) is 0 Å². The minimum absolute atomic E-state index is 0.403. The summed E-state index contributed by atoms with van der Waals surface area (Å²) in [7, 11) is 0. The van der Waals surface area contributed by atoms with E-state index in [2.05, 4.69) is 40.1 Å². The Labute approximate surface area is 144 Å². The number of hydrogen-bond donors (Lipinski definition) is 0. The van der Waals surface area contributed by atoms with E-state index in [0.29, 0.717) is 11.8 Å². The number of amides is 1. The second-order valence-corrected chi connectivity index (χ2v) is 7.91. The molecule has 126 valence electrons. The molecule has 1 aromatic carbocycles. The van der Waals surface area contributed by atoms with Crippen LogP contribution in [0.4, 0.5) is 0 Å². The van der Waals surface area contributed by atoms with Crippen LogP contribution in [-0.2, 0) is 4.79 Å². The first kappa shape index (κ1) is 16.8. The molecule has 0 aliphatic carbocycles. The van der Waals surface area contributed by atoms with Crippen LogP contribution in [0, 0.1) is 5.92 Å². The van der Waals surface area contributed by atoms with Gasteiger partial charge in [-0.2, -0.15) is 0 Å². The summed E-state index contributed by atoms with van der Waals surface area (Å²) in [6, 6.07) is 10.6. The number of carbonyl (C=O) groups excluding carboxylic acids is 1. The van der Waals surface area contributed by atoms with E-state index in [-0.39, 0.29) is 0 Å². The highest BCUT2D eigenvalue weighted by molar-refractivity contribution is 7.99. The third-order valence-electron chi connectivity index (χ3n) is 5.05. The van der Waals surface area contributed by atoms with Crippen LogP contribution in [-0.4, -0.2) is 54.2 Å². The Balaban J connectivity index is 1.31. The Morgan fingerprint density at radius 2 is 1.74 bits per heavy atom. The number of piperidine rings is 1. The molecule has 0 unspecified atom stereocenters. The molecule has 1 aromatic rings. The predicted octanol–water partition coefficient (Wildman–Crippen LogP) is 3.50. The van der Waals surface area contributed by atoms with Crippen LogP contribution in [0.2, 0.25) is 0 Å². The van der Waals surface area contributed by atoms with Crippen LogP contribution < -0.4 is 0 Å². The molecule has 2 aliphatic rings. The number of carbonyl (C=O) groups is 1. The molecule has 0 radical (unpaired) electrons. The monoisotopic (exact) mass is 332 g/mol. The van der Waals surface area contributed by atoms with Crippen molar-refractivity contribution in [1.29, 1.82) is 0 Å². The van der Waals surface area contributed by atoms with Crippen molar-refractivity contribution in [2.45, 2.75) is 37.0 Å². The number of thioether (sulfide) groups is 1. The molecule has 23 heavy (non-hydrogen) atoms. The van der Waals surface area contributed by atoms with Crippen LogP contribution in [0.5, 0.6) is 0 Å². The molecule has 3 rings (SSSR count). The van der Waals surface area contributed by atoms with Gasteiger partial charge in [-0.05, 0) is 56.8 Å². The third-order valence-corrected chi connectivity index (χ3v) is 6.04. The van der Waals surface area contributed by atoms with Gasteiger partial charge in [-0.15, -0.1) is 11.8 Å². The number of hydrogen-bond acceptors (Lipinski definition) is 3. The number of nitrogens with zero attached hydrogens (tertiary/aromatic N) is 2. The molecule has 0 saturated carbocycles. The Bertz CT molecular complexity index is 479. The standard InChI is InChI=1S/C19H28N2OS/c22-19(21-10-4-5-11-21)16-17-8-12-20(13-9-17)14-15-23-18-6-2-1-3-7-18/h1-3,6-7,17H,4-5,8-16H2. The van der Waals surface area contributed by atoms with Gasteiger partial charge in [0, 0.05) is 36.7 Å². The minimum Gasteiger partial charge on any atom is -0.343 e. The van der Waals surface area contributed by atoms with Crippen molar-refractivity contribution < 1.29 is 4.79 Å². The largest absolute Gasteiger partial charge is 0.343 e. The molecule has 2 fully saturated rings. The fourth-order valence-corrected chi connectivity index (χ4v) is 4.50. The highest BCUT2D eigenvalue weighted by Gasteiger charge is 2.24. The maximum atomic E-state index is 12.2. The van der Waals surface area contributed by atoms with Crippen molar-refractivity contribution in [2.24, 2.45) is 5.92 Å². The topological polar surface area (TPSA) is 23.6 Å². The molecule has 0 N–H and O–H groups in total. The summed E-state index contributed by atoms with van der Waals surface area (Å²) in [4.78, 5) is 18.2. The minimum atomic E-state index is 0.403. The van der Waals surface area contributed by atoms with Crippen LogP contribution >= 0.6 is 11.8 Å². The molecular formula is C19H28N2OS. The van der Waals surface area contributed by atoms with E-state index in [0.717, 1.165) is 44.9 Å². The average molecular weight is 333 g/mol. The van der Waals surface area contributed by atoms with E-state index in [1.54, 1.807) is 0 Å². The van der Waals surface area contributed by atoms with Gasteiger partial charge in [0.2, 0.25) is 5.91 Å². The molecule has 4 heteroatoms. The fourth-order valence-electron chi connectivity index (χ4n) is 3.57. The summed E-state index contributed by atoms with van der Waals surface area (Å²) in [5, 5.41) is 0. The first-order valence-corrected chi connectivity index (χ1v) is 9.98. The summed E-state index contributed by atoms with van der Waals surface area (Å²) < 4.78 is 0. The molecule has 2 saturated heterocycles. The van der Waals surface area contributed by atoms with E-state index in [1.165, 1.54) is 30.6 Å². The van der Waals surface area contributed by atoms with Crippen LogP contribution in [0.3, 0.4) is 0 Å². The van der Waals surface area contributed by atoms with Gasteiger partial charge in [-0.3, -0.25) is 4.79 Å². The summed E-state index contributed by atoms with van der Waals surface area (Å²) in [6.45, 7) is 5.47. The number of likely N-dealkylation sites (tertiary alicyclic amines) is 2. The van der Waals surface area contributed by atoms with Gasteiger partial charge in [-0.1, -0.05) is 18.2 Å². The Morgan fingerprint density at radius 1 is 1.04 bits per heavy atom. The first-order valence-electron chi connectivity index (χ1n) is 8.99. The van der Waals surface area contributed by atoms with Crippen molar-refractivity contribution >= 4 is 17.7 Å². The maximum Gasteiger partial charge on any atom is 0.222 e. The van der Waals surface area contributed by atoms with Crippen LogP contribution in [0.1, 0.15) is 32.1 Å². The lowest BCUT2D eigenvalue weighted by molar-refractivity contribution is -0.131. The average Bonchev–Trinajstić information content (AvgIpc) is 3.12. The van der Waals surface area contributed by atoms with Gasteiger partial charge in [-0.25, -0.2) is 0 Å². The predicted molar refractivity (Wildman–Crippen MR) is 96.8 cm³/mol. The zero-order valence-corrected chi connectivity index (χ0v) is 14.8.